The van der Waals surface area contributed by atoms with Crippen molar-refractivity contribution in [3.8, 4) is 0 Å². The molecule has 0 spiro atoms. The molecule has 1 saturated heterocycles. The van der Waals surface area contributed by atoms with E-state index in [-0.39, 0.29) is 11.9 Å². The highest BCUT2D eigenvalue weighted by molar-refractivity contribution is 5.82. The van der Waals surface area contributed by atoms with Crippen molar-refractivity contribution in [3.05, 3.63) is 12.2 Å². The topological polar surface area (TPSA) is 41.1 Å². The third-order valence-electron chi connectivity index (χ3n) is 1.94. The van der Waals surface area contributed by atoms with Gasteiger partial charge in [-0.15, -0.1) is 0 Å². The summed E-state index contributed by atoms with van der Waals surface area (Å²) in [6.07, 6.45) is 2.06. The molecule has 0 aliphatic carbocycles. The zero-order chi connectivity index (χ0) is 8.97. The van der Waals surface area contributed by atoms with E-state index in [0.717, 1.165) is 25.0 Å². The molecule has 0 radical (unpaired) electrons. The molecule has 1 rings (SSSR count). The molecule has 1 fully saturated rings. The SMILES string of the molecule is C=C(C)CNC(=O)C1CCCN1. The van der Waals surface area contributed by atoms with Crippen LogP contribution in [0.4, 0.5) is 0 Å². The Balaban J connectivity index is 2.23. The number of amides is 1. The molecule has 0 aromatic heterocycles. The number of hydrogen-bond donors (Lipinski definition) is 2. The molecular weight excluding hydrogens is 152 g/mol. The molecule has 1 aliphatic rings. The fourth-order valence-corrected chi connectivity index (χ4v) is 1.27. The lowest BCUT2D eigenvalue weighted by Crippen LogP contribution is -2.40. The summed E-state index contributed by atoms with van der Waals surface area (Å²) >= 11 is 0. The van der Waals surface area contributed by atoms with Crippen molar-refractivity contribution in [2.45, 2.75) is 25.8 Å². The normalized spacial score (nSPS) is 22.2. The maximum atomic E-state index is 11.3. The lowest BCUT2D eigenvalue weighted by Gasteiger charge is -2.10. The van der Waals surface area contributed by atoms with Crippen LogP contribution in [0.15, 0.2) is 12.2 Å². The van der Waals surface area contributed by atoms with Gasteiger partial charge in [-0.05, 0) is 26.3 Å². The van der Waals surface area contributed by atoms with E-state index in [1.54, 1.807) is 0 Å². The first-order chi connectivity index (χ1) is 5.70. The number of rotatable bonds is 3. The zero-order valence-corrected chi connectivity index (χ0v) is 7.52. The molecule has 0 aromatic rings. The minimum atomic E-state index is 0.0318. The molecule has 68 valence electrons. The van der Waals surface area contributed by atoms with E-state index in [1.165, 1.54) is 0 Å². The Morgan fingerprint density at radius 2 is 2.50 bits per heavy atom. The molecule has 0 aromatic carbocycles. The van der Waals surface area contributed by atoms with Gasteiger partial charge in [0.25, 0.3) is 0 Å². The maximum Gasteiger partial charge on any atom is 0.237 e. The molecule has 0 saturated carbocycles. The Labute approximate surface area is 73.2 Å². The van der Waals surface area contributed by atoms with Gasteiger partial charge in [-0.1, -0.05) is 12.2 Å². The predicted octanol–water partition coefficient (Wildman–Crippen LogP) is 0.431. The highest BCUT2D eigenvalue weighted by Gasteiger charge is 2.20. The minimum absolute atomic E-state index is 0.0318. The summed E-state index contributed by atoms with van der Waals surface area (Å²) in [6.45, 7) is 7.18. The number of nitrogens with one attached hydrogen (secondary N) is 2. The second-order valence-corrected chi connectivity index (χ2v) is 3.32. The van der Waals surface area contributed by atoms with Crippen LogP contribution in [0.2, 0.25) is 0 Å². The lowest BCUT2D eigenvalue weighted by atomic mass is 10.2. The van der Waals surface area contributed by atoms with Gasteiger partial charge >= 0.3 is 0 Å². The van der Waals surface area contributed by atoms with Crippen molar-refractivity contribution in [2.75, 3.05) is 13.1 Å². The molecule has 1 heterocycles. The third-order valence-corrected chi connectivity index (χ3v) is 1.94. The number of carbonyl (C=O) groups is 1. The average molecular weight is 168 g/mol. The summed E-state index contributed by atoms with van der Waals surface area (Å²) in [5.41, 5.74) is 0.987. The van der Waals surface area contributed by atoms with Gasteiger partial charge in [0.05, 0.1) is 6.04 Å². The summed E-state index contributed by atoms with van der Waals surface area (Å²) in [6, 6.07) is 0.0318. The van der Waals surface area contributed by atoms with Crippen LogP contribution in [-0.2, 0) is 4.79 Å². The Kier molecular flexibility index (Phi) is 3.29. The molecule has 3 heteroatoms. The first kappa shape index (κ1) is 9.26. The van der Waals surface area contributed by atoms with E-state index in [1.807, 2.05) is 6.92 Å². The van der Waals surface area contributed by atoms with Crippen molar-refractivity contribution in [3.63, 3.8) is 0 Å². The Morgan fingerprint density at radius 1 is 1.75 bits per heavy atom. The van der Waals surface area contributed by atoms with Gasteiger partial charge in [-0.25, -0.2) is 0 Å². The van der Waals surface area contributed by atoms with Crippen LogP contribution in [0.25, 0.3) is 0 Å². The smallest absolute Gasteiger partial charge is 0.237 e. The molecule has 3 nitrogen and oxygen atoms in total. The molecular formula is C9H16N2O. The molecule has 0 bridgehead atoms. The van der Waals surface area contributed by atoms with Gasteiger partial charge in [0, 0.05) is 6.54 Å². The molecule has 2 N–H and O–H groups in total. The predicted molar refractivity (Wildman–Crippen MR) is 48.8 cm³/mol. The van der Waals surface area contributed by atoms with Crippen LogP contribution in [-0.4, -0.2) is 25.0 Å². The van der Waals surface area contributed by atoms with Crippen LogP contribution < -0.4 is 10.6 Å². The van der Waals surface area contributed by atoms with Crippen LogP contribution in [0, 0.1) is 0 Å². The van der Waals surface area contributed by atoms with Crippen LogP contribution >= 0.6 is 0 Å². The number of carbonyl (C=O) groups excluding carboxylic acids is 1. The van der Waals surface area contributed by atoms with Crippen LogP contribution in [0.5, 0.6) is 0 Å². The van der Waals surface area contributed by atoms with Gasteiger partial charge in [-0.3, -0.25) is 4.79 Å². The zero-order valence-electron chi connectivity index (χ0n) is 7.52. The summed E-state index contributed by atoms with van der Waals surface area (Å²) in [7, 11) is 0. The van der Waals surface area contributed by atoms with E-state index in [4.69, 9.17) is 0 Å². The summed E-state index contributed by atoms with van der Waals surface area (Å²) in [5, 5.41) is 5.96. The Bertz CT molecular complexity index is 183. The molecule has 1 atom stereocenters. The van der Waals surface area contributed by atoms with Gasteiger partial charge in [-0.2, -0.15) is 0 Å². The van der Waals surface area contributed by atoms with Gasteiger partial charge in [0.15, 0.2) is 0 Å². The van der Waals surface area contributed by atoms with E-state index in [0.29, 0.717) is 6.54 Å². The van der Waals surface area contributed by atoms with Crippen molar-refractivity contribution in [2.24, 2.45) is 0 Å². The van der Waals surface area contributed by atoms with E-state index in [2.05, 4.69) is 17.2 Å². The third kappa shape index (κ3) is 2.66. The highest BCUT2D eigenvalue weighted by Crippen LogP contribution is 2.04. The largest absolute Gasteiger partial charge is 0.351 e. The Morgan fingerprint density at radius 3 is 3.00 bits per heavy atom. The average Bonchev–Trinajstić information content (AvgIpc) is 2.51. The van der Waals surface area contributed by atoms with Gasteiger partial charge in [0.2, 0.25) is 5.91 Å². The monoisotopic (exact) mass is 168 g/mol. The van der Waals surface area contributed by atoms with Crippen LogP contribution in [0.3, 0.4) is 0 Å². The minimum Gasteiger partial charge on any atom is -0.351 e. The van der Waals surface area contributed by atoms with E-state index < -0.39 is 0 Å². The quantitative estimate of drug-likeness (QED) is 0.600. The highest BCUT2D eigenvalue weighted by atomic mass is 16.2. The first-order valence-electron chi connectivity index (χ1n) is 4.35. The van der Waals surface area contributed by atoms with Crippen molar-refractivity contribution in [1.82, 2.24) is 10.6 Å². The van der Waals surface area contributed by atoms with Gasteiger partial charge in [0.1, 0.15) is 0 Å². The maximum absolute atomic E-state index is 11.3. The Hall–Kier alpha value is -0.830. The number of hydrogen-bond acceptors (Lipinski definition) is 2. The van der Waals surface area contributed by atoms with E-state index in [9.17, 15) is 4.79 Å². The fraction of sp³-hybridized carbons (Fsp3) is 0.667. The summed E-state index contributed by atoms with van der Waals surface area (Å²) < 4.78 is 0. The summed E-state index contributed by atoms with van der Waals surface area (Å²) in [5.74, 6) is 0.107. The molecule has 1 unspecified atom stereocenters. The molecule has 1 amide bonds. The second kappa shape index (κ2) is 4.26. The van der Waals surface area contributed by atoms with Crippen molar-refractivity contribution in [1.29, 1.82) is 0 Å². The molecule has 1 aliphatic heterocycles. The summed E-state index contributed by atoms with van der Waals surface area (Å²) in [4.78, 5) is 11.3. The van der Waals surface area contributed by atoms with Crippen molar-refractivity contribution < 1.29 is 4.79 Å². The van der Waals surface area contributed by atoms with Crippen molar-refractivity contribution >= 4 is 5.91 Å². The first-order valence-corrected chi connectivity index (χ1v) is 4.35. The van der Waals surface area contributed by atoms with E-state index >= 15 is 0 Å². The van der Waals surface area contributed by atoms with Crippen LogP contribution in [0.1, 0.15) is 19.8 Å². The lowest BCUT2D eigenvalue weighted by molar-refractivity contribution is -0.122. The van der Waals surface area contributed by atoms with Gasteiger partial charge < -0.3 is 10.6 Å². The second-order valence-electron chi connectivity index (χ2n) is 3.32. The molecule has 12 heavy (non-hydrogen) atoms. The fourth-order valence-electron chi connectivity index (χ4n) is 1.27. The standard InChI is InChI=1S/C9H16N2O/c1-7(2)6-11-9(12)8-4-3-5-10-8/h8,10H,1,3-6H2,2H3,(H,11,12).